The molecule has 2 bridgehead atoms. The average Bonchev–Trinajstić information content (AvgIpc) is 2.92. The van der Waals surface area contributed by atoms with Crippen LogP contribution in [0.3, 0.4) is 0 Å². The summed E-state index contributed by atoms with van der Waals surface area (Å²) in [6.07, 6.45) is 5.66. The predicted molar refractivity (Wildman–Crippen MR) is 61.0 cm³/mol. The number of allylic oxidation sites excluding steroid dienone is 1. The van der Waals surface area contributed by atoms with Crippen LogP contribution in [0.2, 0.25) is 0 Å². The van der Waals surface area contributed by atoms with Gasteiger partial charge in [-0.15, -0.1) is 0 Å². The highest BCUT2D eigenvalue weighted by Crippen LogP contribution is 2.43. The first kappa shape index (κ1) is 9.64. The van der Waals surface area contributed by atoms with E-state index in [1.165, 1.54) is 6.42 Å². The molecule has 1 aromatic rings. The molecule has 0 N–H and O–H groups in total. The molecule has 2 nitrogen and oxygen atoms in total. The number of rotatable bonds is 2. The molecule has 0 aliphatic heterocycles. The lowest BCUT2D eigenvalue weighted by molar-refractivity contribution is -0.130. The molecule has 0 amide bonds. The van der Waals surface area contributed by atoms with Gasteiger partial charge in [-0.3, -0.25) is 0 Å². The molecule has 2 aliphatic rings. The van der Waals surface area contributed by atoms with E-state index >= 15 is 0 Å². The molecule has 0 heterocycles. The first-order valence-corrected chi connectivity index (χ1v) is 5.82. The highest BCUT2D eigenvalue weighted by atomic mass is 16.5. The summed E-state index contributed by atoms with van der Waals surface area (Å²) in [4.78, 5) is 11.9. The highest BCUT2D eigenvalue weighted by Gasteiger charge is 2.36. The van der Waals surface area contributed by atoms with Gasteiger partial charge in [0.25, 0.3) is 0 Å². The van der Waals surface area contributed by atoms with E-state index in [1.54, 1.807) is 0 Å². The molecule has 0 spiro atoms. The Kier molecular flexibility index (Phi) is 2.28. The summed E-state index contributed by atoms with van der Waals surface area (Å²) in [7, 11) is 0. The molecular weight excluding hydrogens is 200 g/mol. The Morgan fingerprint density at radius 1 is 1.19 bits per heavy atom. The summed E-state index contributed by atoms with van der Waals surface area (Å²) in [5.41, 5.74) is 0.903. The molecular formula is C14H14O2. The largest absolute Gasteiger partial charge is 0.423 e. The van der Waals surface area contributed by atoms with Crippen LogP contribution in [0.4, 0.5) is 0 Å². The number of ether oxygens (including phenoxy) is 1. The molecule has 2 unspecified atom stereocenters. The number of para-hydroxylation sites is 1. The second-order valence-electron chi connectivity index (χ2n) is 4.59. The molecule has 1 aromatic carbocycles. The monoisotopic (exact) mass is 214 g/mol. The van der Waals surface area contributed by atoms with E-state index < -0.39 is 0 Å². The zero-order valence-electron chi connectivity index (χ0n) is 9.06. The van der Waals surface area contributed by atoms with E-state index in [4.69, 9.17) is 4.74 Å². The van der Waals surface area contributed by atoms with E-state index in [0.717, 1.165) is 18.4 Å². The Balaban J connectivity index is 1.73. The van der Waals surface area contributed by atoms with E-state index in [1.807, 2.05) is 30.3 Å². The lowest BCUT2D eigenvalue weighted by Crippen LogP contribution is -2.15. The van der Waals surface area contributed by atoms with E-state index in [0.29, 0.717) is 17.6 Å². The van der Waals surface area contributed by atoms with Crippen LogP contribution in [-0.2, 0) is 4.79 Å². The lowest BCUT2D eigenvalue weighted by atomic mass is 9.99. The molecule has 0 saturated heterocycles. The van der Waals surface area contributed by atoms with Gasteiger partial charge in [0.2, 0.25) is 0 Å². The molecule has 82 valence electrons. The first-order chi connectivity index (χ1) is 7.83. The molecule has 2 aliphatic carbocycles. The number of benzene rings is 1. The number of hydrogen-bond donors (Lipinski definition) is 0. The van der Waals surface area contributed by atoms with Crippen LogP contribution >= 0.6 is 0 Å². The fraction of sp³-hybridized carbons (Fsp3) is 0.357. The van der Waals surface area contributed by atoms with Crippen molar-refractivity contribution in [2.45, 2.75) is 19.3 Å². The summed E-state index contributed by atoms with van der Waals surface area (Å²) >= 11 is 0. The number of fused-ring (bicyclic) bond motifs is 2. The van der Waals surface area contributed by atoms with Crippen LogP contribution in [-0.4, -0.2) is 5.97 Å². The summed E-state index contributed by atoms with van der Waals surface area (Å²) in [5, 5.41) is 0. The van der Waals surface area contributed by atoms with Crippen molar-refractivity contribution in [3.05, 3.63) is 42.0 Å². The average molecular weight is 214 g/mol. The standard InChI is InChI=1S/C14H14O2/c15-14(16-12-4-2-1-3-5-12)13-9-10-6-7-11(13)8-10/h1-5,9-11H,6-8H2. The van der Waals surface area contributed by atoms with Gasteiger partial charge in [0.05, 0.1) is 0 Å². The highest BCUT2D eigenvalue weighted by molar-refractivity contribution is 5.91. The number of carbonyl (C=O) groups is 1. The molecule has 0 aromatic heterocycles. The SMILES string of the molecule is O=C(Oc1ccccc1)C1=CC2CCC1C2. The fourth-order valence-electron chi connectivity index (χ4n) is 2.73. The van der Waals surface area contributed by atoms with E-state index in [9.17, 15) is 4.79 Å². The first-order valence-electron chi connectivity index (χ1n) is 5.82. The Hall–Kier alpha value is -1.57. The van der Waals surface area contributed by atoms with Crippen molar-refractivity contribution in [1.82, 2.24) is 0 Å². The van der Waals surface area contributed by atoms with Gasteiger partial charge in [-0.05, 0) is 43.2 Å². The lowest BCUT2D eigenvalue weighted by Gasteiger charge is -2.12. The number of hydrogen-bond acceptors (Lipinski definition) is 2. The third kappa shape index (κ3) is 1.64. The zero-order chi connectivity index (χ0) is 11.0. The van der Waals surface area contributed by atoms with Crippen LogP contribution in [0.25, 0.3) is 0 Å². The molecule has 3 rings (SSSR count). The third-order valence-electron chi connectivity index (χ3n) is 3.52. The molecule has 1 saturated carbocycles. The van der Waals surface area contributed by atoms with Crippen molar-refractivity contribution in [2.24, 2.45) is 11.8 Å². The van der Waals surface area contributed by atoms with Gasteiger partial charge in [0, 0.05) is 5.57 Å². The smallest absolute Gasteiger partial charge is 0.339 e. The van der Waals surface area contributed by atoms with Crippen LogP contribution < -0.4 is 4.74 Å². The van der Waals surface area contributed by atoms with Crippen molar-refractivity contribution in [3.63, 3.8) is 0 Å². The van der Waals surface area contributed by atoms with Gasteiger partial charge in [0.15, 0.2) is 0 Å². The van der Waals surface area contributed by atoms with E-state index in [-0.39, 0.29) is 5.97 Å². The summed E-state index contributed by atoms with van der Waals surface area (Å²) in [5.74, 6) is 1.57. The van der Waals surface area contributed by atoms with Crippen molar-refractivity contribution in [2.75, 3.05) is 0 Å². The van der Waals surface area contributed by atoms with Crippen molar-refractivity contribution in [3.8, 4) is 5.75 Å². The maximum absolute atomic E-state index is 11.9. The van der Waals surface area contributed by atoms with Gasteiger partial charge in [-0.25, -0.2) is 4.79 Å². The Bertz CT molecular complexity index is 433. The Morgan fingerprint density at radius 3 is 2.62 bits per heavy atom. The number of esters is 1. The second-order valence-corrected chi connectivity index (χ2v) is 4.59. The maximum Gasteiger partial charge on any atom is 0.339 e. The molecule has 16 heavy (non-hydrogen) atoms. The molecule has 1 fully saturated rings. The van der Waals surface area contributed by atoms with Crippen molar-refractivity contribution in [1.29, 1.82) is 0 Å². The van der Waals surface area contributed by atoms with Gasteiger partial charge in [-0.1, -0.05) is 24.3 Å². The van der Waals surface area contributed by atoms with Crippen molar-refractivity contribution < 1.29 is 9.53 Å². The maximum atomic E-state index is 11.9. The van der Waals surface area contributed by atoms with Gasteiger partial charge in [0.1, 0.15) is 5.75 Å². The van der Waals surface area contributed by atoms with Gasteiger partial charge >= 0.3 is 5.97 Å². The zero-order valence-corrected chi connectivity index (χ0v) is 9.06. The summed E-state index contributed by atoms with van der Waals surface area (Å²) in [6.45, 7) is 0. The molecule has 2 atom stereocenters. The minimum atomic E-state index is -0.154. The molecule has 2 heteroatoms. The van der Waals surface area contributed by atoms with Crippen LogP contribution in [0.15, 0.2) is 42.0 Å². The van der Waals surface area contributed by atoms with Crippen LogP contribution in [0.1, 0.15) is 19.3 Å². The van der Waals surface area contributed by atoms with Gasteiger partial charge in [-0.2, -0.15) is 0 Å². The predicted octanol–water partition coefficient (Wildman–Crippen LogP) is 2.95. The Labute approximate surface area is 94.9 Å². The minimum Gasteiger partial charge on any atom is -0.423 e. The molecule has 0 radical (unpaired) electrons. The third-order valence-corrected chi connectivity index (χ3v) is 3.52. The van der Waals surface area contributed by atoms with Gasteiger partial charge < -0.3 is 4.74 Å². The summed E-state index contributed by atoms with van der Waals surface area (Å²) < 4.78 is 5.34. The van der Waals surface area contributed by atoms with Crippen molar-refractivity contribution >= 4 is 5.97 Å². The number of carbonyl (C=O) groups excluding carboxylic acids is 1. The topological polar surface area (TPSA) is 26.3 Å². The second kappa shape index (κ2) is 3.78. The summed E-state index contributed by atoms with van der Waals surface area (Å²) in [6, 6.07) is 9.28. The quantitative estimate of drug-likeness (QED) is 0.559. The van der Waals surface area contributed by atoms with E-state index in [2.05, 4.69) is 6.08 Å². The minimum absolute atomic E-state index is 0.154. The van der Waals surface area contributed by atoms with Crippen LogP contribution in [0, 0.1) is 11.8 Å². The van der Waals surface area contributed by atoms with Crippen LogP contribution in [0.5, 0.6) is 5.75 Å². The Morgan fingerprint density at radius 2 is 2.00 bits per heavy atom. The fourth-order valence-corrected chi connectivity index (χ4v) is 2.73. The normalized spacial score (nSPS) is 26.6.